The number of methoxy groups -OCH3 is 1. The minimum Gasteiger partial charge on any atom is -0.492 e. The summed E-state index contributed by atoms with van der Waals surface area (Å²) < 4.78 is 37.4. The molecule has 1 atom stereocenters. The van der Waals surface area contributed by atoms with Gasteiger partial charge in [-0.2, -0.15) is 0 Å². The Morgan fingerprint density at radius 2 is 2.05 bits per heavy atom. The number of carbonyl (C=O) groups is 1. The Labute approximate surface area is 131 Å². The zero-order chi connectivity index (χ0) is 16.8. The fraction of sp³-hybridized carbons (Fsp3) is 0.500. The summed E-state index contributed by atoms with van der Waals surface area (Å²) in [5.41, 5.74) is 0.316. The Balaban J connectivity index is 3.11. The van der Waals surface area contributed by atoms with Crippen LogP contribution in [0.15, 0.2) is 23.1 Å². The molecule has 1 rings (SSSR count). The van der Waals surface area contributed by atoms with E-state index in [0.29, 0.717) is 18.0 Å². The summed E-state index contributed by atoms with van der Waals surface area (Å²) in [5.74, 6) is 0.109. The van der Waals surface area contributed by atoms with Gasteiger partial charge in [0.2, 0.25) is 15.9 Å². The van der Waals surface area contributed by atoms with Crippen molar-refractivity contribution < 1.29 is 22.7 Å². The van der Waals surface area contributed by atoms with Gasteiger partial charge in [-0.15, -0.1) is 0 Å². The molecule has 1 aromatic rings. The van der Waals surface area contributed by atoms with Crippen molar-refractivity contribution in [2.75, 3.05) is 25.6 Å². The summed E-state index contributed by atoms with van der Waals surface area (Å²) in [6, 6.07) is 3.95. The first-order chi connectivity index (χ1) is 10.3. The molecule has 8 heteroatoms. The van der Waals surface area contributed by atoms with E-state index in [0.717, 1.165) is 0 Å². The molecule has 0 spiro atoms. The van der Waals surface area contributed by atoms with Gasteiger partial charge in [-0.25, -0.2) is 13.1 Å². The second-order valence-corrected chi connectivity index (χ2v) is 6.46. The lowest BCUT2D eigenvalue weighted by molar-refractivity contribution is -0.114. The highest BCUT2D eigenvalue weighted by atomic mass is 32.2. The van der Waals surface area contributed by atoms with Gasteiger partial charge < -0.3 is 14.8 Å². The van der Waals surface area contributed by atoms with Crippen LogP contribution >= 0.6 is 0 Å². The predicted octanol–water partition coefficient (Wildman–Crippen LogP) is 1.36. The zero-order valence-electron chi connectivity index (χ0n) is 13.2. The van der Waals surface area contributed by atoms with Crippen LogP contribution in [0.3, 0.4) is 0 Å². The van der Waals surface area contributed by atoms with Crippen LogP contribution in [-0.4, -0.2) is 40.7 Å². The van der Waals surface area contributed by atoms with Crippen molar-refractivity contribution in [2.45, 2.75) is 31.7 Å². The van der Waals surface area contributed by atoms with Crippen molar-refractivity contribution in [3.8, 4) is 5.75 Å². The van der Waals surface area contributed by atoms with Gasteiger partial charge in [0.05, 0.1) is 23.8 Å². The molecule has 2 N–H and O–H groups in total. The Morgan fingerprint density at radius 1 is 1.36 bits per heavy atom. The molecule has 1 amide bonds. The first-order valence-electron chi connectivity index (χ1n) is 6.85. The van der Waals surface area contributed by atoms with E-state index in [4.69, 9.17) is 9.47 Å². The SMILES string of the molecule is CCOc1ccc(S(=O)(=O)N[C@H](C)COC)cc1NC(C)=O. The number of carbonyl (C=O) groups excluding carboxylic acids is 1. The summed E-state index contributed by atoms with van der Waals surface area (Å²) in [5, 5.41) is 2.57. The molecule has 0 radical (unpaired) electrons. The van der Waals surface area contributed by atoms with Crippen LogP contribution < -0.4 is 14.8 Å². The van der Waals surface area contributed by atoms with Gasteiger partial charge in [-0.3, -0.25) is 4.79 Å². The number of amides is 1. The third-order valence-corrected chi connectivity index (χ3v) is 4.23. The van der Waals surface area contributed by atoms with Crippen LogP contribution in [0.1, 0.15) is 20.8 Å². The Morgan fingerprint density at radius 3 is 2.59 bits per heavy atom. The first kappa shape index (κ1) is 18.4. The highest BCUT2D eigenvalue weighted by Gasteiger charge is 2.19. The molecule has 0 aliphatic heterocycles. The normalized spacial score (nSPS) is 12.7. The van der Waals surface area contributed by atoms with Crippen LogP contribution in [0.25, 0.3) is 0 Å². The molecule has 0 heterocycles. The maximum Gasteiger partial charge on any atom is 0.240 e. The van der Waals surface area contributed by atoms with Crippen LogP contribution in [0, 0.1) is 0 Å². The van der Waals surface area contributed by atoms with Gasteiger partial charge in [-0.1, -0.05) is 0 Å². The summed E-state index contributed by atoms with van der Waals surface area (Å²) in [6.07, 6.45) is 0. The molecule has 0 aromatic heterocycles. The van der Waals surface area contributed by atoms with Gasteiger partial charge in [0.15, 0.2) is 0 Å². The quantitative estimate of drug-likeness (QED) is 0.750. The van der Waals surface area contributed by atoms with E-state index in [1.54, 1.807) is 13.8 Å². The third-order valence-electron chi connectivity index (χ3n) is 2.64. The highest BCUT2D eigenvalue weighted by molar-refractivity contribution is 7.89. The van der Waals surface area contributed by atoms with Gasteiger partial charge in [0, 0.05) is 20.1 Å². The lowest BCUT2D eigenvalue weighted by Crippen LogP contribution is -2.35. The Hall–Kier alpha value is -1.64. The van der Waals surface area contributed by atoms with E-state index in [1.165, 1.54) is 32.2 Å². The molecule has 1 aromatic carbocycles. The monoisotopic (exact) mass is 330 g/mol. The molecule has 0 bridgehead atoms. The average molecular weight is 330 g/mol. The summed E-state index contributed by atoms with van der Waals surface area (Å²) >= 11 is 0. The maximum atomic E-state index is 12.3. The Bertz CT molecular complexity index is 616. The number of anilines is 1. The van der Waals surface area contributed by atoms with Gasteiger partial charge >= 0.3 is 0 Å². The van der Waals surface area contributed by atoms with Crippen molar-refractivity contribution in [1.29, 1.82) is 0 Å². The molecule has 0 aliphatic rings. The lowest BCUT2D eigenvalue weighted by atomic mass is 10.3. The van der Waals surface area contributed by atoms with Crippen LogP contribution in [0.2, 0.25) is 0 Å². The maximum absolute atomic E-state index is 12.3. The van der Waals surface area contributed by atoms with E-state index in [9.17, 15) is 13.2 Å². The van der Waals surface area contributed by atoms with E-state index in [-0.39, 0.29) is 23.5 Å². The number of benzene rings is 1. The second-order valence-electron chi connectivity index (χ2n) is 4.75. The van der Waals surface area contributed by atoms with Gasteiger partial charge in [0.1, 0.15) is 5.75 Å². The molecule has 124 valence electrons. The molecular weight excluding hydrogens is 308 g/mol. The van der Waals surface area contributed by atoms with Gasteiger partial charge in [0.25, 0.3) is 0 Å². The van der Waals surface area contributed by atoms with Crippen molar-refractivity contribution >= 4 is 21.6 Å². The largest absolute Gasteiger partial charge is 0.492 e. The number of ether oxygens (including phenoxy) is 2. The molecule has 0 aliphatic carbocycles. The number of hydrogen-bond donors (Lipinski definition) is 2. The molecule has 0 unspecified atom stereocenters. The molecule has 0 saturated heterocycles. The van der Waals surface area contributed by atoms with Crippen LogP contribution in [0.4, 0.5) is 5.69 Å². The van der Waals surface area contributed by atoms with Gasteiger partial charge in [-0.05, 0) is 32.0 Å². The molecule has 7 nitrogen and oxygen atoms in total. The Kier molecular flexibility index (Phi) is 6.79. The summed E-state index contributed by atoms with van der Waals surface area (Å²) in [4.78, 5) is 11.3. The minimum atomic E-state index is -3.71. The smallest absolute Gasteiger partial charge is 0.240 e. The van der Waals surface area contributed by atoms with Crippen LogP contribution in [0.5, 0.6) is 5.75 Å². The van der Waals surface area contributed by atoms with E-state index in [1.807, 2.05) is 0 Å². The fourth-order valence-electron chi connectivity index (χ4n) is 1.86. The molecule has 0 saturated carbocycles. The highest BCUT2D eigenvalue weighted by Crippen LogP contribution is 2.28. The average Bonchev–Trinajstić information content (AvgIpc) is 2.39. The molecule has 0 fully saturated rings. The number of hydrogen-bond acceptors (Lipinski definition) is 5. The van der Waals surface area contributed by atoms with Crippen molar-refractivity contribution in [2.24, 2.45) is 0 Å². The molecular formula is C14H22N2O5S. The summed E-state index contributed by atoms with van der Waals surface area (Å²) in [6.45, 7) is 5.51. The minimum absolute atomic E-state index is 0.0441. The topological polar surface area (TPSA) is 93.7 Å². The third kappa shape index (κ3) is 5.28. The van der Waals surface area contributed by atoms with Crippen molar-refractivity contribution in [3.05, 3.63) is 18.2 Å². The number of nitrogens with one attached hydrogen (secondary N) is 2. The fourth-order valence-corrected chi connectivity index (χ4v) is 3.12. The second kappa shape index (κ2) is 8.11. The number of sulfonamides is 1. The van der Waals surface area contributed by atoms with Crippen molar-refractivity contribution in [3.63, 3.8) is 0 Å². The standard InChI is InChI=1S/C14H22N2O5S/c1-5-21-14-7-6-12(8-13(14)15-11(3)17)22(18,19)16-10(2)9-20-4/h6-8,10,16H,5,9H2,1-4H3,(H,15,17)/t10-/m1/s1. The lowest BCUT2D eigenvalue weighted by Gasteiger charge is -2.15. The number of rotatable bonds is 8. The van der Waals surface area contributed by atoms with Crippen molar-refractivity contribution in [1.82, 2.24) is 4.72 Å². The van der Waals surface area contributed by atoms with E-state index < -0.39 is 10.0 Å². The van der Waals surface area contributed by atoms with E-state index >= 15 is 0 Å². The molecule has 22 heavy (non-hydrogen) atoms. The summed E-state index contributed by atoms with van der Waals surface area (Å²) in [7, 11) is -2.21. The predicted molar refractivity (Wildman–Crippen MR) is 83.6 cm³/mol. The first-order valence-corrected chi connectivity index (χ1v) is 8.34. The zero-order valence-corrected chi connectivity index (χ0v) is 14.0. The van der Waals surface area contributed by atoms with Crippen LogP contribution in [-0.2, 0) is 19.6 Å². The van der Waals surface area contributed by atoms with E-state index in [2.05, 4.69) is 10.0 Å².